The Morgan fingerprint density at radius 3 is 2.37 bits per heavy atom. The summed E-state index contributed by atoms with van der Waals surface area (Å²) in [6, 6.07) is 15.4. The van der Waals surface area contributed by atoms with Gasteiger partial charge in [0.25, 0.3) is 0 Å². The monoisotopic (exact) mass is 425 g/mol. The van der Waals surface area contributed by atoms with Crippen LogP contribution in [0.4, 0.5) is 10.1 Å². The molecule has 1 aromatic heterocycles. The van der Waals surface area contributed by atoms with Crippen LogP contribution in [0.1, 0.15) is 22.2 Å². The number of hydrazone groups is 1. The topological polar surface area (TPSA) is 96.9 Å². The molecule has 0 atom stereocenters. The van der Waals surface area contributed by atoms with E-state index in [9.17, 15) is 18.8 Å². The molecule has 0 spiro atoms. The van der Waals surface area contributed by atoms with E-state index in [1.807, 2.05) is 0 Å². The van der Waals surface area contributed by atoms with E-state index in [-0.39, 0.29) is 5.69 Å². The maximum absolute atomic E-state index is 13.5. The van der Waals surface area contributed by atoms with E-state index >= 15 is 0 Å². The summed E-state index contributed by atoms with van der Waals surface area (Å²) in [5.74, 6) is -2.83. The Labute approximate surface area is 175 Å². The van der Waals surface area contributed by atoms with Gasteiger partial charge in [-0.15, -0.1) is 11.3 Å². The van der Waals surface area contributed by atoms with E-state index in [1.165, 1.54) is 29.5 Å². The van der Waals surface area contributed by atoms with Crippen molar-refractivity contribution in [2.24, 2.45) is 5.10 Å². The number of thiophene rings is 1. The number of para-hydroxylation sites is 1. The Bertz CT molecular complexity index is 1100. The zero-order valence-corrected chi connectivity index (χ0v) is 16.5. The van der Waals surface area contributed by atoms with Gasteiger partial charge in [-0.25, -0.2) is 14.6 Å². The summed E-state index contributed by atoms with van der Waals surface area (Å²) in [7, 11) is 0. The highest BCUT2D eigenvalue weighted by atomic mass is 32.1. The van der Waals surface area contributed by atoms with Gasteiger partial charge in [0, 0.05) is 0 Å². The predicted octanol–water partition coefficient (Wildman–Crippen LogP) is 3.59. The molecule has 0 aliphatic rings. The number of esters is 1. The molecule has 7 nitrogen and oxygen atoms in total. The Morgan fingerprint density at radius 1 is 0.967 bits per heavy atom. The van der Waals surface area contributed by atoms with Crippen LogP contribution in [-0.4, -0.2) is 23.5 Å². The number of nitrogens with zero attached hydrogens (tertiary/aromatic N) is 1. The molecule has 9 heteroatoms. The molecule has 0 saturated heterocycles. The molecule has 0 bridgehead atoms. The van der Waals surface area contributed by atoms with Crippen molar-refractivity contribution >= 4 is 40.5 Å². The van der Waals surface area contributed by atoms with Crippen molar-refractivity contribution in [3.05, 3.63) is 82.3 Å². The average molecular weight is 425 g/mol. The van der Waals surface area contributed by atoms with Gasteiger partial charge in [0.2, 0.25) is 0 Å². The first-order valence-corrected chi connectivity index (χ1v) is 9.58. The lowest BCUT2D eigenvalue weighted by Crippen LogP contribution is -2.33. The number of hydrogen-bond acceptors (Lipinski definition) is 6. The third kappa shape index (κ3) is 5.36. The lowest BCUT2D eigenvalue weighted by atomic mass is 10.1. The zero-order chi connectivity index (χ0) is 21.5. The van der Waals surface area contributed by atoms with Crippen LogP contribution in [0.2, 0.25) is 0 Å². The molecule has 0 radical (unpaired) electrons. The number of benzene rings is 2. The molecule has 2 amide bonds. The summed E-state index contributed by atoms with van der Waals surface area (Å²) in [6.45, 7) is 1.63. The van der Waals surface area contributed by atoms with Crippen molar-refractivity contribution in [2.75, 3.05) is 5.32 Å². The van der Waals surface area contributed by atoms with Crippen LogP contribution in [0.15, 0.2) is 71.1 Å². The number of nitrogens with one attached hydrogen (secondary N) is 2. The van der Waals surface area contributed by atoms with Crippen LogP contribution in [0.3, 0.4) is 0 Å². The van der Waals surface area contributed by atoms with Crippen LogP contribution < -0.4 is 15.5 Å². The van der Waals surface area contributed by atoms with Gasteiger partial charge < -0.3 is 10.1 Å². The maximum Gasteiger partial charge on any atom is 0.353 e. The molecular formula is C21H16FN3O4S. The molecule has 2 aromatic carbocycles. The number of hydrogen-bond donors (Lipinski definition) is 2. The molecule has 0 unspecified atom stereocenters. The fraction of sp³-hybridized carbons (Fsp3) is 0.0476. The van der Waals surface area contributed by atoms with Crippen LogP contribution in [0.5, 0.6) is 5.75 Å². The first kappa shape index (κ1) is 20.9. The second-order valence-electron chi connectivity index (χ2n) is 5.96. The van der Waals surface area contributed by atoms with Crippen LogP contribution >= 0.6 is 11.3 Å². The number of rotatable bonds is 5. The van der Waals surface area contributed by atoms with Crippen LogP contribution in [0, 0.1) is 5.82 Å². The van der Waals surface area contributed by atoms with Crippen molar-refractivity contribution in [3.8, 4) is 5.75 Å². The Kier molecular flexibility index (Phi) is 6.66. The van der Waals surface area contributed by atoms with Gasteiger partial charge in [-0.05, 0) is 60.3 Å². The highest BCUT2D eigenvalue weighted by Gasteiger charge is 2.15. The fourth-order valence-electron chi connectivity index (χ4n) is 2.31. The van der Waals surface area contributed by atoms with E-state index in [1.54, 1.807) is 48.7 Å². The lowest BCUT2D eigenvalue weighted by Gasteiger charge is -2.06. The Hall–Kier alpha value is -3.85. The SMILES string of the molecule is C/C(=N\NC(=O)C(=O)Nc1ccccc1F)c1ccc(OC(=O)c2cccs2)cc1. The summed E-state index contributed by atoms with van der Waals surface area (Å²) < 4.78 is 18.8. The van der Waals surface area contributed by atoms with Gasteiger partial charge in [-0.2, -0.15) is 5.10 Å². The van der Waals surface area contributed by atoms with Crippen molar-refractivity contribution in [1.82, 2.24) is 5.43 Å². The second kappa shape index (κ2) is 9.57. The van der Waals surface area contributed by atoms with Gasteiger partial charge in [0.1, 0.15) is 16.4 Å². The third-order valence-electron chi connectivity index (χ3n) is 3.86. The van der Waals surface area contributed by atoms with E-state index in [4.69, 9.17) is 4.74 Å². The summed E-state index contributed by atoms with van der Waals surface area (Å²) in [6.07, 6.45) is 0. The summed E-state index contributed by atoms with van der Waals surface area (Å²) in [5.41, 5.74) is 3.07. The van der Waals surface area contributed by atoms with Crippen molar-refractivity contribution < 1.29 is 23.5 Å². The Morgan fingerprint density at radius 2 is 1.70 bits per heavy atom. The molecule has 0 saturated carbocycles. The molecular weight excluding hydrogens is 409 g/mol. The quantitative estimate of drug-likeness (QED) is 0.215. The molecule has 1 heterocycles. The number of carbonyl (C=O) groups excluding carboxylic acids is 3. The number of anilines is 1. The molecule has 3 aromatic rings. The molecule has 0 fully saturated rings. The number of amides is 2. The largest absolute Gasteiger partial charge is 0.422 e. The molecule has 30 heavy (non-hydrogen) atoms. The fourth-order valence-corrected chi connectivity index (χ4v) is 2.91. The molecule has 0 aliphatic carbocycles. The second-order valence-corrected chi connectivity index (χ2v) is 6.91. The van der Waals surface area contributed by atoms with Gasteiger partial charge in [-0.3, -0.25) is 9.59 Å². The normalized spacial score (nSPS) is 10.9. The van der Waals surface area contributed by atoms with Crippen molar-refractivity contribution in [2.45, 2.75) is 6.92 Å². The predicted molar refractivity (Wildman–Crippen MR) is 111 cm³/mol. The van der Waals surface area contributed by atoms with Gasteiger partial charge in [-0.1, -0.05) is 18.2 Å². The first-order valence-electron chi connectivity index (χ1n) is 8.70. The Balaban J connectivity index is 1.57. The van der Waals surface area contributed by atoms with E-state index in [2.05, 4.69) is 15.8 Å². The van der Waals surface area contributed by atoms with Crippen LogP contribution in [0.25, 0.3) is 0 Å². The molecule has 3 rings (SSSR count). The number of carbonyl (C=O) groups is 3. The van der Waals surface area contributed by atoms with E-state index in [0.717, 1.165) is 6.07 Å². The van der Waals surface area contributed by atoms with Crippen molar-refractivity contribution in [1.29, 1.82) is 0 Å². The zero-order valence-electron chi connectivity index (χ0n) is 15.7. The standard InChI is InChI=1S/C21H16FN3O4S/c1-13(24-25-20(27)19(26)23-17-6-3-2-5-16(17)22)14-8-10-15(11-9-14)29-21(28)18-7-4-12-30-18/h2-12H,1H3,(H,23,26)(H,25,27)/b24-13+. The summed E-state index contributed by atoms with van der Waals surface area (Å²) in [4.78, 5) is 36.2. The van der Waals surface area contributed by atoms with E-state index < -0.39 is 23.6 Å². The highest BCUT2D eigenvalue weighted by molar-refractivity contribution is 7.12. The average Bonchev–Trinajstić information content (AvgIpc) is 3.29. The van der Waals surface area contributed by atoms with Crippen LogP contribution in [-0.2, 0) is 9.59 Å². The van der Waals surface area contributed by atoms with Gasteiger partial charge >= 0.3 is 17.8 Å². The van der Waals surface area contributed by atoms with Gasteiger partial charge in [0.05, 0.1) is 11.4 Å². The van der Waals surface area contributed by atoms with Gasteiger partial charge in [0.15, 0.2) is 0 Å². The number of halogens is 1. The molecule has 0 aliphatic heterocycles. The smallest absolute Gasteiger partial charge is 0.353 e. The molecule has 152 valence electrons. The molecule has 2 N–H and O–H groups in total. The van der Waals surface area contributed by atoms with Crippen molar-refractivity contribution in [3.63, 3.8) is 0 Å². The first-order chi connectivity index (χ1) is 14.4. The van der Waals surface area contributed by atoms with E-state index in [0.29, 0.717) is 21.9 Å². The minimum absolute atomic E-state index is 0.106. The maximum atomic E-state index is 13.5. The summed E-state index contributed by atoms with van der Waals surface area (Å²) in [5, 5.41) is 7.82. The number of ether oxygens (including phenoxy) is 1. The lowest BCUT2D eigenvalue weighted by molar-refractivity contribution is -0.136. The minimum atomic E-state index is -1.05. The minimum Gasteiger partial charge on any atom is -0.422 e. The highest BCUT2D eigenvalue weighted by Crippen LogP contribution is 2.17. The summed E-state index contributed by atoms with van der Waals surface area (Å²) >= 11 is 1.28. The third-order valence-corrected chi connectivity index (χ3v) is 4.71.